The molecule has 1 heterocycles. The number of carboxylic acid groups (broad SMARTS) is 2. The number of aromatic carboxylic acids is 1. The summed E-state index contributed by atoms with van der Waals surface area (Å²) < 4.78 is 0. The van der Waals surface area contributed by atoms with Gasteiger partial charge in [-0.25, -0.2) is 4.79 Å². The Bertz CT molecular complexity index is 455. The molecule has 0 aliphatic carbocycles. The molecule has 1 aromatic rings. The zero-order valence-electron chi connectivity index (χ0n) is 9.80. The van der Waals surface area contributed by atoms with Gasteiger partial charge in [0.15, 0.2) is 0 Å². The molecule has 0 bridgehead atoms. The summed E-state index contributed by atoms with van der Waals surface area (Å²) in [5, 5.41) is 20.9. The molecule has 0 aromatic heterocycles. The monoisotopic (exact) mass is 249 g/mol. The van der Waals surface area contributed by atoms with Gasteiger partial charge < -0.3 is 15.5 Å². The summed E-state index contributed by atoms with van der Waals surface area (Å²) in [5.74, 6) is -1.98. The minimum atomic E-state index is -0.952. The molecule has 3 N–H and O–H groups in total. The third kappa shape index (κ3) is 2.68. The quantitative estimate of drug-likeness (QED) is 0.748. The number of nitrogens with one attached hydrogen (secondary N) is 1. The topological polar surface area (TPSA) is 86.6 Å². The third-order valence-corrected chi connectivity index (χ3v) is 3.33. The fourth-order valence-corrected chi connectivity index (χ4v) is 2.28. The molecule has 0 saturated carbocycles. The number of benzene rings is 1. The average molecular weight is 249 g/mol. The highest BCUT2D eigenvalue weighted by Gasteiger charge is 2.27. The van der Waals surface area contributed by atoms with Crippen LogP contribution in [0.15, 0.2) is 24.3 Å². The average Bonchev–Trinajstić information content (AvgIpc) is 2.39. The van der Waals surface area contributed by atoms with E-state index < -0.39 is 11.9 Å². The van der Waals surface area contributed by atoms with E-state index in [0.29, 0.717) is 13.0 Å². The lowest BCUT2D eigenvalue weighted by Gasteiger charge is -2.27. The summed E-state index contributed by atoms with van der Waals surface area (Å²) in [6, 6.07) is 6.64. The van der Waals surface area contributed by atoms with E-state index in [1.54, 1.807) is 24.3 Å². The number of carboxylic acids is 2. The maximum atomic E-state index is 11.0. The van der Waals surface area contributed by atoms with Crippen molar-refractivity contribution in [3.05, 3.63) is 35.4 Å². The standard InChI is InChI=1S/C13H15NO4/c15-12(16)9-3-1-8(2-4-9)10-5-11(13(17)18)7-14-6-10/h1-4,10-11,14H,5-7H2,(H,15,16)(H,17,18). The molecule has 1 aliphatic rings. The Balaban J connectivity index is 2.11. The van der Waals surface area contributed by atoms with E-state index in [0.717, 1.165) is 12.1 Å². The van der Waals surface area contributed by atoms with Crippen LogP contribution in [0, 0.1) is 5.92 Å². The molecule has 1 aliphatic heterocycles. The number of hydrogen-bond acceptors (Lipinski definition) is 3. The molecular formula is C13H15NO4. The molecule has 0 amide bonds. The first-order valence-electron chi connectivity index (χ1n) is 5.84. The Morgan fingerprint density at radius 1 is 1.11 bits per heavy atom. The summed E-state index contributed by atoms with van der Waals surface area (Å²) in [4.78, 5) is 21.7. The largest absolute Gasteiger partial charge is 0.481 e. The maximum Gasteiger partial charge on any atom is 0.335 e. The van der Waals surface area contributed by atoms with Gasteiger partial charge in [-0.15, -0.1) is 0 Å². The van der Waals surface area contributed by atoms with Crippen LogP contribution in [-0.2, 0) is 4.79 Å². The summed E-state index contributed by atoms with van der Waals surface area (Å²) in [6.45, 7) is 1.23. The highest BCUT2D eigenvalue weighted by Crippen LogP contribution is 2.26. The lowest BCUT2D eigenvalue weighted by molar-refractivity contribution is -0.142. The zero-order valence-corrected chi connectivity index (χ0v) is 9.80. The van der Waals surface area contributed by atoms with Gasteiger partial charge in [0.05, 0.1) is 11.5 Å². The predicted octanol–water partition coefficient (Wildman–Crippen LogP) is 1.16. The van der Waals surface area contributed by atoms with E-state index in [2.05, 4.69) is 5.32 Å². The second-order valence-electron chi connectivity index (χ2n) is 4.55. The minimum absolute atomic E-state index is 0.127. The number of piperidine rings is 1. The van der Waals surface area contributed by atoms with E-state index in [9.17, 15) is 9.59 Å². The summed E-state index contributed by atoms with van der Waals surface area (Å²) in [7, 11) is 0. The van der Waals surface area contributed by atoms with Gasteiger partial charge in [-0.1, -0.05) is 12.1 Å². The first kappa shape index (κ1) is 12.6. The van der Waals surface area contributed by atoms with Crippen molar-refractivity contribution in [2.75, 3.05) is 13.1 Å². The van der Waals surface area contributed by atoms with Crippen molar-refractivity contribution >= 4 is 11.9 Å². The van der Waals surface area contributed by atoms with Crippen LogP contribution < -0.4 is 5.32 Å². The van der Waals surface area contributed by atoms with Gasteiger partial charge in [-0.3, -0.25) is 4.79 Å². The summed E-state index contributed by atoms with van der Waals surface area (Å²) in [5.41, 5.74) is 1.23. The molecule has 0 radical (unpaired) electrons. The Morgan fingerprint density at radius 2 is 1.78 bits per heavy atom. The first-order chi connectivity index (χ1) is 8.58. The number of rotatable bonds is 3. The predicted molar refractivity (Wildman–Crippen MR) is 64.8 cm³/mol. The van der Waals surface area contributed by atoms with Gasteiger partial charge >= 0.3 is 11.9 Å². The second kappa shape index (κ2) is 5.18. The summed E-state index contributed by atoms with van der Waals surface area (Å²) in [6.07, 6.45) is 0.592. The molecule has 1 fully saturated rings. The highest BCUT2D eigenvalue weighted by atomic mass is 16.4. The molecule has 1 saturated heterocycles. The van der Waals surface area contributed by atoms with Crippen LogP contribution in [-0.4, -0.2) is 35.2 Å². The number of aliphatic carboxylic acids is 1. The van der Waals surface area contributed by atoms with E-state index in [4.69, 9.17) is 10.2 Å². The molecule has 2 atom stereocenters. The van der Waals surface area contributed by atoms with Crippen LogP contribution in [0.1, 0.15) is 28.3 Å². The van der Waals surface area contributed by atoms with Crippen molar-refractivity contribution in [1.82, 2.24) is 5.32 Å². The van der Waals surface area contributed by atoms with E-state index >= 15 is 0 Å². The fraction of sp³-hybridized carbons (Fsp3) is 0.385. The van der Waals surface area contributed by atoms with Crippen molar-refractivity contribution in [2.45, 2.75) is 12.3 Å². The van der Waals surface area contributed by atoms with Crippen molar-refractivity contribution in [3.8, 4) is 0 Å². The molecule has 0 spiro atoms. The van der Waals surface area contributed by atoms with Crippen LogP contribution >= 0.6 is 0 Å². The van der Waals surface area contributed by atoms with Crippen molar-refractivity contribution in [3.63, 3.8) is 0 Å². The fourth-order valence-electron chi connectivity index (χ4n) is 2.28. The van der Waals surface area contributed by atoms with Crippen LogP contribution in [0.25, 0.3) is 0 Å². The second-order valence-corrected chi connectivity index (χ2v) is 4.55. The number of carbonyl (C=O) groups is 2. The Labute approximate surface area is 104 Å². The van der Waals surface area contributed by atoms with Gasteiger partial charge in [0, 0.05) is 13.1 Å². The third-order valence-electron chi connectivity index (χ3n) is 3.33. The molecule has 5 nitrogen and oxygen atoms in total. The van der Waals surface area contributed by atoms with Gasteiger partial charge in [0.1, 0.15) is 0 Å². The lowest BCUT2D eigenvalue weighted by Crippen LogP contribution is -2.38. The Hall–Kier alpha value is -1.88. The Kier molecular flexibility index (Phi) is 3.62. The molecule has 2 rings (SSSR count). The number of hydrogen-bond donors (Lipinski definition) is 3. The molecule has 2 unspecified atom stereocenters. The van der Waals surface area contributed by atoms with E-state index in [-0.39, 0.29) is 17.4 Å². The van der Waals surface area contributed by atoms with Gasteiger partial charge in [-0.05, 0) is 30.0 Å². The van der Waals surface area contributed by atoms with Crippen molar-refractivity contribution < 1.29 is 19.8 Å². The van der Waals surface area contributed by atoms with Gasteiger partial charge in [0.2, 0.25) is 0 Å². The zero-order chi connectivity index (χ0) is 13.1. The smallest absolute Gasteiger partial charge is 0.335 e. The van der Waals surface area contributed by atoms with Gasteiger partial charge in [0.25, 0.3) is 0 Å². The molecule has 5 heteroatoms. The van der Waals surface area contributed by atoms with Crippen LogP contribution in [0.4, 0.5) is 0 Å². The van der Waals surface area contributed by atoms with E-state index in [1.165, 1.54) is 0 Å². The van der Waals surface area contributed by atoms with Crippen LogP contribution in [0.2, 0.25) is 0 Å². The molecular weight excluding hydrogens is 234 g/mol. The molecule has 18 heavy (non-hydrogen) atoms. The Morgan fingerprint density at radius 3 is 2.33 bits per heavy atom. The minimum Gasteiger partial charge on any atom is -0.481 e. The van der Waals surface area contributed by atoms with Crippen molar-refractivity contribution in [2.24, 2.45) is 5.92 Å². The SMILES string of the molecule is O=C(O)c1ccc(C2CNCC(C(=O)O)C2)cc1. The molecule has 1 aromatic carbocycles. The first-order valence-corrected chi connectivity index (χ1v) is 5.84. The molecule has 96 valence electrons. The van der Waals surface area contributed by atoms with E-state index in [1.807, 2.05) is 0 Å². The maximum absolute atomic E-state index is 11.0. The van der Waals surface area contributed by atoms with Gasteiger partial charge in [-0.2, -0.15) is 0 Å². The highest BCUT2D eigenvalue weighted by molar-refractivity contribution is 5.87. The van der Waals surface area contributed by atoms with Crippen molar-refractivity contribution in [1.29, 1.82) is 0 Å². The normalized spacial score (nSPS) is 23.6. The lowest BCUT2D eigenvalue weighted by atomic mass is 9.85. The summed E-state index contributed by atoms with van der Waals surface area (Å²) >= 11 is 0. The van der Waals surface area contributed by atoms with Crippen LogP contribution in [0.3, 0.4) is 0 Å². The van der Waals surface area contributed by atoms with Crippen LogP contribution in [0.5, 0.6) is 0 Å².